The number of hydrogen-bond acceptors (Lipinski definition) is 8. The van der Waals surface area contributed by atoms with Gasteiger partial charge in [0.15, 0.2) is 0 Å². The summed E-state index contributed by atoms with van der Waals surface area (Å²) in [4.78, 5) is 17.0. The van der Waals surface area contributed by atoms with Crippen molar-refractivity contribution in [2.75, 3.05) is 19.7 Å². The molecule has 0 fully saturated rings. The molecule has 1 aliphatic rings. The number of nitrogens with two attached hydrogens (primary N) is 1. The minimum Gasteiger partial charge on any atom is -0.475 e. The van der Waals surface area contributed by atoms with E-state index in [0.717, 1.165) is 0 Å². The molecule has 3 N–H and O–H groups in total. The van der Waals surface area contributed by atoms with Gasteiger partial charge in [0.2, 0.25) is 15.9 Å². The van der Waals surface area contributed by atoms with Crippen molar-refractivity contribution < 1.29 is 40.6 Å². The van der Waals surface area contributed by atoms with Crippen LogP contribution in [0.1, 0.15) is 5.82 Å². The first-order chi connectivity index (χ1) is 15.0. The van der Waals surface area contributed by atoms with Gasteiger partial charge in [-0.2, -0.15) is 22.6 Å². The molecule has 0 aliphatic carbocycles. The van der Waals surface area contributed by atoms with Crippen LogP contribution < -0.4 is 10.5 Å². The quantitative estimate of drug-likeness (QED) is 0.567. The fourth-order valence-corrected chi connectivity index (χ4v) is 3.63. The average molecular weight is 482 g/mol. The van der Waals surface area contributed by atoms with Crippen LogP contribution in [-0.2, 0) is 27.9 Å². The van der Waals surface area contributed by atoms with E-state index in [9.17, 15) is 26.0 Å². The lowest BCUT2D eigenvalue weighted by molar-refractivity contribution is -0.192. The highest BCUT2D eigenvalue weighted by Crippen LogP contribution is 2.21. The van der Waals surface area contributed by atoms with Crippen LogP contribution in [0.4, 0.5) is 17.6 Å². The molecule has 3 heterocycles. The molecule has 0 unspecified atom stereocenters. The number of carboxylic acid groups (broad SMARTS) is 1. The molecular formula is C16H18F4N6O5S. The minimum absolute atomic E-state index is 0.0303. The smallest absolute Gasteiger partial charge is 0.475 e. The molecule has 0 radical (unpaired) electrons. The van der Waals surface area contributed by atoms with Crippen molar-refractivity contribution in [2.45, 2.75) is 24.2 Å². The van der Waals surface area contributed by atoms with Gasteiger partial charge in [0, 0.05) is 24.7 Å². The zero-order valence-corrected chi connectivity index (χ0v) is 17.1. The van der Waals surface area contributed by atoms with Crippen LogP contribution in [0.25, 0.3) is 0 Å². The monoisotopic (exact) mass is 482 g/mol. The Morgan fingerprint density at radius 3 is 2.50 bits per heavy atom. The van der Waals surface area contributed by atoms with Gasteiger partial charge in [-0.05, 0) is 6.07 Å². The maximum Gasteiger partial charge on any atom is 0.490 e. The van der Waals surface area contributed by atoms with Gasteiger partial charge in [0.25, 0.3) is 0 Å². The highest BCUT2D eigenvalue weighted by atomic mass is 32.2. The molecular weight excluding hydrogens is 464 g/mol. The number of pyridine rings is 1. The number of carboxylic acids is 1. The van der Waals surface area contributed by atoms with Crippen molar-refractivity contribution in [2.24, 2.45) is 5.73 Å². The summed E-state index contributed by atoms with van der Waals surface area (Å²) in [6.45, 7) is 0.886. The van der Waals surface area contributed by atoms with Gasteiger partial charge < -0.3 is 15.6 Å². The van der Waals surface area contributed by atoms with Crippen LogP contribution in [0.3, 0.4) is 0 Å². The Morgan fingerprint density at radius 1 is 1.28 bits per heavy atom. The molecule has 0 spiro atoms. The summed E-state index contributed by atoms with van der Waals surface area (Å²) < 4.78 is 77.8. The molecule has 11 nitrogen and oxygen atoms in total. The van der Waals surface area contributed by atoms with E-state index in [0.29, 0.717) is 25.2 Å². The summed E-state index contributed by atoms with van der Waals surface area (Å²) in [6.07, 6.45) is -2.08. The van der Waals surface area contributed by atoms with E-state index in [1.807, 2.05) is 0 Å². The number of alkyl halides is 3. The van der Waals surface area contributed by atoms with E-state index < -0.39 is 22.2 Å². The number of ether oxygens (including phenoxy) is 1. The zero-order valence-electron chi connectivity index (χ0n) is 16.2. The zero-order chi connectivity index (χ0) is 23.9. The van der Waals surface area contributed by atoms with Crippen LogP contribution >= 0.6 is 0 Å². The predicted molar refractivity (Wildman–Crippen MR) is 99.3 cm³/mol. The van der Waals surface area contributed by atoms with E-state index >= 15 is 0 Å². The predicted octanol–water partition coefficient (Wildman–Crippen LogP) is 0.702. The highest BCUT2D eigenvalue weighted by Gasteiger charge is 2.38. The summed E-state index contributed by atoms with van der Waals surface area (Å²) in [5.74, 6) is -1.98. The molecule has 1 aliphatic heterocycles. The molecule has 16 heteroatoms. The normalized spacial score (nSPS) is 14.8. The molecule has 0 saturated heterocycles. The van der Waals surface area contributed by atoms with Crippen molar-refractivity contribution >= 4 is 16.0 Å². The largest absolute Gasteiger partial charge is 0.490 e. The summed E-state index contributed by atoms with van der Waals surface area (Å²) in [7, 11) is -3.70. The number of rotatable bonds is 6. The fourth-order valence-electron chi connectivity index (χ4n) is 2.30. The lowest BCUT2D eigenvalue weighted by Gasteiger charge is -2.25. The molecule has 0 saturated carbocycles. The number of nitrogens with zero attached hydrogens (tertiary/aromatic N) is 5. The number of halogens is 4. The Kier molecular flexibility index (Phi) is 8.23. The number of carbonyl (C=O) groups is 1. The van der Waals surface area contributed by atoms with Gasteiger partial charge in [-0.15, -0.1) is 0 Å². The molecule has 0 bridgehead atoms. The molecule has 32 heavy (non-hydrogen) atoms. The second-order valence-corrected chi connectivity index (χ2v) is 8.07. The van der Waals surface area contributed by atoms with E-state index in [-0.39, 0.29) is 36.0 Å². The first-order valence-corrected chi connectivity index (χ1v) is 10.2. The number of aromatic nitrogens is 4. The average Bonchev–Trinajstić information content (AvgIpc) is 3.22. The van der Waals surface area contributed by atoms with E-state index in [2.05, 4.69) is 15.1 Å². The topological polar surface area (TPSA) is 154 Å². The molecule has 0 atom stereocenters. The maximum absolute atomic E-state index is 12.7. The molecule has 2 aromatic heterocycles. The number of hydrogen-bond donors (Lipinski definition) is 2. The number of sulfonamides is 1. The third kappa shape index (κ3) is 6.44. The van der Waals surface area contributed by atoms with Crippen molar-refractivity contribution in [3.05, 3.63) is 42.4 Å². The van der Waals surface area contributed by atoms with Gasteiger partial charge in [-0.1, -0.05) is 0 Å². The molecule has 176 valence electrons. The maximum atomic E-state index is 12.7. The number of aliphatic carboxylic acids is 1. The standard InChI is InChI=1S/C14H17FN6O3S.C2HF3O2/c15-5-11(6-16)9-24-14-2-1-12(7-17-14)25(22,23)20-3-4-21-13(8-20)18-10-19-21;3-2(4,5)1(6)7/h1-2,5,7,10H,3-4,6,8-9,16H2;(H,6,7)/b11-5-;. The van der Waals surface area contributed by atoms with Crippen molar-refractivity contribution in [3.8, 4) is 5.88 Å². The Hall–Kier alpha value is -3.11. The lowest BCUT2D eigenvalue weighted by atomic mass is 10.3. The Bertz CT molecular complexity index is 1060. The third-order valence-electron chi connectivity index (χ3n) is 3.99. The van der Waals surface area contributed by atoms with Gasteiger partial charge in [-0.3, -0.25) is 0 Å². The number of fused-ring (bicyclic) bond motifs is 1. The first-order valence-electron chi connectivity index (χ1n) is 8.73. The van der Waals surface area contributed by atoms with Gasteiger partial charge in [0.05, 0.1) is 25.6 Å². The third-order valence-corrected chi connectivity index (χ3v) is 5.81. The minimum atomic E-state index is -5.08. The van der Waals surface area contributed by atoms with Crippen LogP contribution in [0, 0.1) is 0 Å². The van der Waals surface area contributed by atoms with Crippen molar-refractivity contribution in [1.29, 1.82) is 0 Å². The van der Waals surface area contributed by atoms with Gasteiger partial charge >= 0.3 is 12.1 Å². The van der Waals surface area contributed by atoms with E-state index in [4.69, 9.17) is 20.4 Å². The summed E-state index contributed by atoms with van der Waals surface area (Å²) >= 11 is 0. The summed E-state index contributed by atoms with van der Waals surface area (Å²) in [5.41, 5.74) is 5.61. The summed E-state index contributed by atoms with van der Waals surface area (Å²) in [5, 5.41) is 11.1. The van der Waals surface area contributed by atoms with Crippen LogP contribution in [-0.4, -0.2) is 69.4 Å². The van der Waals surface area contributed by atoms with Crippen LogP contribution in [0.5, 0.6) is 5.88 Å². The van der Waals surface area contributed by atoms with Gasteiger partial charge in [-0.25, -0.2) is 32.3 Å². The Balaban J connectivity index is 0.000000451. The lowest BCUT2D eigenvalue weighted by Crippen LogP contribution is -2.38. The highest BCUT2D eigenvalue weighted by molar-refractivity contribution is 7.89. The SMILES string of the molecule is NC/C(=C/F)COc1ccc(S(=O)(=O)N2CCn3ncnc3C2)cn1.O=C(O)C(F)(F)F. The van der Waals surface area contributed by atoms with Crippen molar-refractivity contribution in [3.63, 3.8) is 0 Å². The second-order valence-electron chi connectivity index (χ2n) is 6.13. The van der Waals surface area contributed by atoms with Crippen LogP contribution in [0.15, 0.2) is 41.5 Å². The molecule has 3 rings (SSSR count). The van der Waals surface area contributed by atoms with Gasteiger partial charge in [0.1, 0.15) is 23.7 Å². The molecule has 0 amide bonds. The van der Waals surface area contributed by atoms with Crippen LogP contribution in [0.2, 0.25) is 0 Å². The first kappa shape index (κ1) is 25.2. The Labute approximate surface area is 179 Å². The molecule has 0 aromatic carbocycles. The second kappa shape index (κ2) is 10.5. The van der Waals surface area contributed by atoms with E-state index in [1.54, 1.807) is 4.68 Å². The van der Waals surface area contributed by atoms with E-state index in [1.165, 1.54) is 29.0 Å². The summed E-state index contributed by atoms with van der Waals surface area (Å²) in [6, 6.07) is 2.82. The fraction of sp³-hybridized carbons (Fsp3) is 0.375. The molecule has 2 aromatic rings. The Morgan fingerprint density at radius 2 is 1.97 bits per heavy atom. The van der Waals surface area contributed by atoms with Crippen molar-refractivity contribution in [1.82, 2.24) is 24.1 Å².